The first kappa shape index (κ1) is 15.3. The third-order valence-electron chi connectivity index (χ3n) is 4.91. The topological polar surface area (TPSA) is 15.3 Å². The van der Waals surface area contributed by atoms with E-state index in [0.29, 0.717) is 11.5 Å². The van der Waals surface area contributed by atoms with Crippen LogP contribution in [0.15, 0.2) is 0 Å². The standard InChI is InChI=1S/C17H34N2/c1-14(2)11-17(8-5-6-9-17)13-19-10-7-16(12-19)18-15(3)4/h14-16,18H,5-13H2,1-4H3. The highest BCUT2D eigenvalue weighted by atomic mass is 15.2. The lowest BCUT2D eigenvalue weighted by Gasteiger charge is -2.35. The molecule has 0 spiro atoms. The van der Waals surface area contributed by atoms with E-state index in [1.54, 1.807) is 0 Å². The second kappa shape index (κ2) is 6.58. The Hall–Kier alpha value is -0.0800. The van der Waals surface area contributed by atoms with Gasteiger partial charge in [-0.15, -0.1) is 0 Å². The van der Waals surface area contributed by atoms with E-state index < -0.39 is 0 Å². The van der Waals surface area contributed by atoms with Crippen LogP contribution in [0.2, 0.25) is 0 Å². The molecule has 1 aliphatic heterocycles. The third-order valence-corrected chi connectivity index (χ3v) is 4.91. The Balaban J connectivity index is 1.85. The van der Waals surface area contributed by atoms with Crippen LogP contribution in [0.1, 0.15) is 66.2 Å². The molecule has 1 saturated heterocycles. The van der Waals surface area contributed by atoms with Crippen LogP contribution >= 0.6 is 0 Å². The molecular weight excluding hydrogens is 232 g/mol. The molecule has 0 aromatic heterocycles. The quantitative estimate of drug-likeness (QED) is 0.789. The minimum Gasteiger partial charge on any atom is -0.310 e. The van der Waals surface area contributed by atoms with Gasteiger partial charge < -0.3 is 10.2 Å². The maximum absolute atomic E-state index is 3.71. The van der Waals surface area contributed by atoms with Crippen LogP contribution in [0.25, 0.3) is 0 Å². The zero-order chi connectivity index (χ0) is 13.9. The van der Waals surface area contributed by atoms with Crippen molar-refractivity contribution < 1.29 is 0 Å². The smallest absolute Gasteiger partial charge is 0.0209 e. The van der Waals surface area contributed by atoms with Gasteiger partial charge in [-0.05, 0) is 43.6 Å². The fraction of sp³-hybridized carbons (Fsp3) is 1.00. The van der Waals surface area contributed by atoms with Gasteiger partial charge in [0.2, 0.25) is 0 Å². The van der Waals surface area contributed by atoms with E-state index >= 15 is 0 Å². The number of rotatable bonds is 6. The first-order valence-corrected chi connectivity index (χ1v) is 8.47. The predicted octanol–water partition coefficient (Wildman–Crippen LogP) is 3.67. The summed E-state index contributed by atoms with van der Waals surface area (Å²) >= 11 is 0. The molecule has 112 valence electrons. The molecule has 2 aliphatic rings. The van der Waals surface area contributed by atoms with E-state index in [0.717, 1.165) is 12.0 Å². The van der Waals surface area contributed by atoms with Crippen molar-refractivity contribution in [3.8, 4) is 0 Å². The summed E-state index contributed by atoms with van der Waals surface area (Å²) < 4.78 is 0. The Bertz CT molecular complexity index is 266. The lowest BCUT2D eigenvalue weighted by Crippen LogP contribution is -2.40. The van der Waals surface area contributed by atoms with Gasteiger partial charge >= 0.3 is 0 Å². The van der Waals surface area contributed by atoms with Gasteiger partial charge in [0.15, 0.2) is 0 Å². The van der Waals surface area contributed by atoms with E-state index in [1.165, 1.54) is 58.2 Å². The average Bonchev–Trinajstić information content (AvgIpc) is 2.87. The summed E-state index contributed by atoms with van der Waals surface area (Å²) in [5.41, 5.74) is 0.654. The molecule has 19 heavy (non-hydrogen) atoms. The van der Waals surface area contributed by atoms with Gasteiger partial charge in [-0.3, -0.25) is 0 Å². The van der Waals surface area contributed by atoms with Crippen LogP contribution in [0.4, 0.5) is 0 Å². The van der Waals surface area contributed by atoms with Gasteiger partial charge in [0.05, 0.1) is 0 Å². The highest BCUT2D eigenvalue weighted by Crippen LogP contribution is 2.44. The molecule has 0 amide bonds. The predicted molar refractivity (Wildman–Crippen MR) is 83.5 cm³/mol. The normalized spacial score (nSPS) is 27.8. The van der Waals surface area contributed by atoms with E-state index in [4.69, 9.17) is 0 Å². The molecule has 0 aromatic carbocycles. The SMILES string of the molecule is CC(C)CC1(CN2CCC(NC(C)C)C2)CCCC1. The summed E-state index contributed by atoms with van der Waals surface area (Å²) in [6, 6.07) is 1.36. The van der Waals surface area contributed by atoms with Crippen molar-refractivity contribution in [2.24, 2.45) is 11.3 Å². The van der Waals surface area contributed by atoms with Gasteiger partial charge in [0.25, 0.3) is 0 Å². The maximum Gasteiger partial charge on any atom is 0.0209 e. The molecule has 0 bridgehead atoms. The molecule has 1 aliphatic carbocycles. The molecule has 1 N–H and O–H groups in total. The largest absolute Gasteiger partial charge is 0.310 e. The molecule has 2 heteroatoms. The first-order chi connectivity index (χ1) is 8.99. The van der Waals surface area contributed by atoms with Crippen molar-refractivity contribution in [2.75, 3.05) is 19.6 Å². The molecule has 2 nitrogen and oxygen atoms in total. The van der Waals surface area contributed by atoms with Crippen molar-refractivity contribution in [3.63, 3.8) is 0 Å². The second-order valence-corrected chi connectivity index (χ2v) is 7.85. The van der Waals surface area contributed by atoms with Crippen molar-refractivity contribution in [1.82, 2.24) is 10.2 Å². The Morgan fingerprint density at radius 2 is 1.84 bits per heavy atom. The van der Waals surface area contributed by atoms with E-state index in [9.17, 15) is 0 Å². The van der Waals surface area contributed by atoms with Crippen LogP contribution in [0.3, 0.4) is 0 Å². The minimum atomic E-state index is 0.626. The average molecular weight is 266 g/mol. The van der Waals surface area contributed by atoms with Crippen LogP contribution in [-0.4, -0.2) is 36.6 Å². The molecule has 0 aromatic rings. The fourth-order valence-corrected chi connectivity index (χ4v) is 4.48. The molecule has 1 unspecified atom stereocenters. The third kappa shape index (κ3) is 4.46. The van der Waals surface area contributed by atoms with Gasteiger partial charge in [0.1, 0.15) is 0 Å². The van der Waals surface area contributed by atoms with E-state index in [-0.39, 0.29) is 0 Å². The molecule has 1 heterocycles. The van der Waals surface area contributed by atoms with Gasteiger partial charge in [-0.25, -0.2) is 0 Å². The van der Waals surface area contributed by atoms with Crippen LogP contribution in [0.5, 0.6) is 0 Å². The zero-order valence-corrected chi connectivity index (χ0v) is 13.5. The van der Waals surface area contributed by atoms with Crippen LogP contribution in [-0.2, 0) is 0 Å². The summed E-state index contributed by atoms with van der Waals surface area (Å²) in [5.74, 6) is 0.852. The van der Waals surface area contributed by atoms with Crippen molar-refractivity contribution >= 4 is 0 Å². The lowest BCUT2D eigenvalue weighted by atomic mass is 9.78. The Labute approximate surface area is 120 Å². The van der Waals surface area contributed by atoms with E-state index in [1.807, 2.05) is 0 Å². The van der Waals surface area contributed by atoms with Crippen molar-refractivity contribution in [2.45, 2.75) is 78.3 Å². The van der Waals surface area contributed by atoms with Crippen molar-refractivity contribution in [1.29, 1.82) is 0 Å². The number of hydrogen-bond donors (Lipinski definition) is 1. The van der Waals surface area contributed by atoms with Crippen molar-refractivity contribution in [3.05, 3.63) is 0 Å². The monoisotopic (exact) mass is 266 g/mol. The number of nitrogens with zero attached hydrogens (tertiary/aromatic N) is 1. The van der Waals surface area contributed by atoms with Gasteiger partial charge in [0, 0.05) is 25.2 Å². The van der Waals surface area contributed by atoms with Gasteiger partial charge in [-0.2, -0.15) is 0 Å². The number of nitrogens with one attached hydrogen (secondary N) is 1. The number of likely N-dealkylation sites (tertiary alicyclic amines) is 1. The molecular formula is C17H34N2. The summed E-state index contributed by atoms with van der Waals surface area (Å²) in [4.78, 5) is 2.74. The van der Waals surface area contributed by atoms with Gasteiger partial charge in [-0.1, -0.05) is 40.5 Å². The summed E-state index contributed by atoms with van der Waals surface area (Å²) in [5, 5.41) is 3.71. The fourth-order valence-electron chi connectivity index (χ4n) is 4.48. The summed E-state index contributed by atoms with van der Waals surface area (Å²) in [6.45, 7) is 13.3. The molecule has 1 saturated carbocycles. The lowest BCUT2D eigenvalue weighted by molar-refractivity contribution is 0.145. The summed E-state index contributed by atoms with van der Waals surface area (Å²) in [7, 11) is 0. The Morgan fingerprint density at radius 1 is 1.16 bits per heavy atom. The van der Waals surface area contributed by atoms with Crippen LogP contribution < -0.4 is 5.32 Å². The molecule has 2 fully saturated rings. The molecule has 2 rings (SSSR count). The Kier molecular flexibility index (Phi) is 5.30. The Morgan fingerprint density at radius 3 is 2.42 bits per heavy atom. The highest BCUT2D eigenvalue weighted by molar-refractivity contribution is 4.91. The summed E-state index contributed by atoms with van der Waals surface area (Å²) in [6.07, 6.45) is 8.66. The molecule has 1 atom stereocenters. The highest BCUT2D eigenvalue weighted by Gasteiger charge is 2.37. The first-order valence-electron chi connectivity index (χ1n) is 8.47. The number of hydrogen-bond acceptors (Lipinski definition) is 2. The zero-order valence-electron chi connectivity index (χ0n) is 13.5. The van der Waals surface area contributed by atoms with Crippen LogP contribution in [0, 0.1) is 11.3 Å². The van der Waals surface area contributed by atoms with E-state index in [2.05, 4.69) is 37.9 Å². The second-order valence-electron chi connectivity index (χ2n) is 7.85. The maximum atomic E-state index is 3.71. The molecule has 0 radical (unpaired) electrons. The minimum absolute atomic E-state index is 0.626.